The molecule has 0 saturated heterocycles. The lowest BCUT2D eigenvalue weighted by molar-refractivity contribution is 0.267. The summed E-state index contributed by atoms with van der Waals surface area (Å²) in [5.41, 5.74) is 0.394. The van der Waals surface area contributed by atoms with Crippen LogP contribution < -0.4 is 5.32 Å². The minimum absolute atomic E-state index is 0.394. The number of nitrogens with one attached hydrogen (secondary N) is 1. The van der Waals surface area contributed by atoms with E-state index < -0.39 is 0 Å². The molecule has 0 spiro atoms. The molecule has 1 aliphatic rings. The predicted molar refractivity (Wildman–Crippen MR) is 68.1 cm³/mol. The van der Waals surface area contributed by atoms with E-state index >= 15 is 0 Å². The van der Waals surface area contributed by atoms with Crippen molar-refractivity contribution >= 4 is 0 Å². The standard InChI is InChI=1S/C14H29N/c1-12(14(2,3)4)15-11-13-9-7-5-6-8-10-13/h12-13,15H,5-11H2,1-4H3. The normalized spacial score (nSPS) is 22.4. The number of hydrogen-bond donors (Lipinski definition) is 1. The van der Waals surface area contributed by atoms with E-state index in [1.807, 2.05) is 0 Å². The van der Waals surface area contributed by atoms with Gasteiger partial charge in [-0.2, -0.15) is 0 Å². The van der Waals surface area contributed by atoms with Crippen LogP contribution in [0.3, 0.4) is 0 Å². The summed E-state index contributed by atoms with van der Waals surface area (Å²) in [4.78, 5) is 0. The summed E-state index contributed by atoms with van der Waals surface area (Å²) < 4.78 is 0. The van der Waals surface area contributed by atoms with Crippen LogP contribution in [-0.4, -0.2) is 12.6 Å². The summed E-state index contributed by atoms with van der Waals surface area (Å²) in [5, 5.41) is 3.72. The van der Waals surface area contributed by atoms with E-state index in [9.17, 15) is 0 Å². The summed E-state index contributed by atoms with van der Waals surface area (Å²) in [6.07, 6.45) is 8.73. The van der Waals surface area contributed by atoms with Crippen molar-refractivity contribution in [2.45, 2.75) is 72.3 Å². The predicted octanol–water partition coefficient (Wildman–Crippen LogP) is 3.98. The molecule has 0 aromatic heterocycles. The van der Waals surface area contributed by atoms with Crippen molar-refractivity contribution in [2.24, 2.45) is 11.3 Å². The highest BCUT2D eigenvalue weighted by Gasteiger charge is 2.20. The zero-order valence-electron chi connectivity index (χ0n) is 11.1. The Morgan fingerprint density at radius 1 is 1.07 bits per heavy atom. The molecular weight excluding hydrogens is 182 g/mol. The molecule has 15 heavy (non-hydrogen) atoms. The van der Waals surface area contributed by atoms with Crippen molar-refractivity contribution < 1.29 is 0 Å². The summed E-state index contributed by atoms with van der Waals surface area (Å²) in [5.74, 6) is 0.942. The average molecular weight is 211 g/mol. The molecular formula is C14H29N. The van der Waals surface area contributed by atoms with E-state index in [4.69, 9.17) is 0 Å². The highest BCUT2D eigenvalue weighted by molar-refractivity contribution is 4.77. The molecule has 0 aromatic carbocycles. The third-order valence-corrected chi connectivity index (χ3v) is 3.99. The first-order valence-corrected chi connectivity index (χ1v) is 6.73. The van der Waals surface area contributed by atoms with Crippen LogP contribution in [0.15, 0.2) is 0 Å². The number of rotatable bonds is 3. The quantitative estimate of drug-likeness (QED) is 0.696. The van der Waals surface area contributed by atoms with Gasteiger partial charge in [0, 0.05) is 6.04 Å². The van der Waals surface area contributed by atoms with Gasteiger partial charge in [-0.1, -0.05) is 46.5 Å². The molecule has 1 heteroatoms. The highest BCUT2D eigenvalue weighted by atomic mass is 14.9. The molecule has 1 fully saturated rings. The maximum Gasteiger partial charge on any atom is 0.00873 e. The Labute approximate surface area is 96.0 Å². The summed E-state index contributed by atoms with van der Waals surface area (Å²) in [6, 6.07) is 0.626. The summed E-state index contributed by atoms with van der Waals surface area (Å²) in [7, 11) is 0. The molecule has 0 heterocycles. The van der Waals surface area contributed by atoms with Gasteiger partial charge in [0.05, 0.1) is 0 Å². The SMILES string of the molecule is CC(NCC1CCCCCC1)C(C)(C)C. The summed E-state index contributed by atoms with van der Waals surface area (Å²) in [6.45, 7) is 10.5. The molecule has 1 nitrogen and oxygen atoms in total. The first-order chi connectivity index (χ1) is 7.00. The first-order valence-electron chi connectivity index (χ1n) is 6.73. The van der Waals surface area contributed by atoms with Crippen LogP contribution in [0.1, 0.15) is 66.2 Å². The maximum atomic E-state index is 3.72. The molecule has 0 aromatic rings. The molecule has 0 bridgehead atoms. The zero-order chi connectivity index (χ0) is 11.3. The summed E-state index contributed by atoms with van der Waals surface area (Å²) >= 11 is 0. The Hall–Kier alpha value is -0.0400. The second kappa shape index (κ2) is 5.89. The molecule has 90 valence electrons. The molecule has 1 unspecified atom stereocenters. The van der Waals surface area contributed by atoms with Gasteiger partial charge >= 0.3 is 0 Å². The Morgan fingerprint density at radius 3 is 2.07 bits per heavy atom. The molecule has 1 aliphatic carbocycles. The maximum absolute atomic E-state index is 3.72. The van der Waals surface area contributed by atoms with Crippen molar-refractivity contribution in [3.63, 3.8) is 0 Å². The Bertz CT molecular complexity index is 161. The van der Waals surface area contributed by atoms with Crippen LogP contribution in [0.4, 0.5) is 0 Å². The topological polar surface area (TPSA) is 12.0 Å². The van der Waals surface area contributed by atoms with Crippen molar-refractivity contribution in [3.05, 3.63) is 0 Å². The lowest BCUT2D eigenvalue weighted by atomic mass is 9.87. The lowest BCUT2D eigenvalue weighted by Crippen LogP contribution is -2.40. The van der Waals surface area contributed by atoms with Crippen LogP contribution in [-0.2, 0) is 0 Å². The van der Waals surface area contributed by atoms with Gasteiger partial charge in [0.1, 0.15) is 0 Å². The van der Waals surface area contributed by atoms with Gasteiger partial charge < -0.3 is 5.32 Å². The van der Waals surface area contributed by atoms with E-state index in [1.165, 1.54) is 45.1 Å². The molecule has 1 saturated carbocycles. The van der Waals surface area contributed by atoms with E-state index in [1.54, 1.807) is 0 Å². The van der Waals surface area contributed by atoms with Crippen molar-refractivity contribution in [2.75, 3.05) is 6.54 Å². The fraction of sp³-hybridized carbons (Fsp3) is 1.00. The highest BCUT2D eigenvalue weighted by Crippen LogP contribution is 2.23. The Balaban J connectivity index is 2.23. The van der Waals surface area contributed by atoms with Gasteiger partial charge in [0.25, 0.3) is 0 Å². The van der Waals surface area contributed by atoms with E-state index in [2.05, 4.69) is 33.0 Å². The molecule has 1 N–H and O–H groups in total. The minimum atomic E-state index is 0.394. The third-order valence-electron chi connectivity index (χ3n) is 3.99. The van der Waals surface area contributed by atoms with Gasteiger partial charge in [-0.3, -0.25) is 0 Å². The van der Waals surface area contributed by atoms with Crippen LogP contribution >= 0.6 is 0 Å². The van der Waals surface area contributed by atoms with Gasteiger partial charge in [-0.15, -0.1) is 0 Å². The number of hydrogen-bond acceptors (Lipinski definition) is 1. The molecule has 0 amide bonds. The van der Waals surface area contributed by atoms with E-state index in [0.29, 0.717) is 11.5 Å². The third kappa shape index (κ3) is 5.01. The fourth-order valence-corrected chi connectivity index (χ4v) is 2.22. The van der Waals surface area contributed by atoms with Crippen LogP contribution in [0, 0.1) is 11.3 Å². The van der Waals surface area contributed by atoms with Gasteiger partial charge in [0.15, 0.2) is 0 Å². The second-order valence-corrected chi connectivity index (χ2v) is 6.35. The van der Waals surface area contributed by atoms with Crippen LogP contribution in [0.5, 0.6) is 0 Å². The average Bonchev–Trinajstić information content (AvgIpc) is 2.40. The van der Waals surface area contributed by atoms with E-state index in [0.717, 1.165) is 5.92 Å². The molecule has 1 rings (SSSR count). The Kier molecular flexibility index (Phi) is 5.11. The van der Waals surface area contributed by atoms with Gasteiger partial charge in [-0.05, 0) is 37.6 Å². The molecule has 0 radical (unpaired) electrons. The Morgan fingerprint density at radius 2 is 1.60 bits per heavy atom. The van der Waals surface area contributed by atoms with Crippen molar-refractivity contribution in [1.82, 2.24) is 5.32 Å². The van der Waals surface area contributed by atoms with Gasteiger partial charge in [0.2, 0.25) is 0 Å². The molecule has 0 aliphatic heterocycles. The first kappa shape index (κ1) is 13.0. The lowest BCUT2D eigenvalue weighted by Gasteiger charge is -2.30. The van der Waals surface area contributed by atoms with E-state index in [-0.39, 0.29) is 0 Å². The van der Waals surface area contributed by atoms with Gasteiger partial charge in [-0.25, -0.2) is 0 Å². The minimum Gasteiger partial charge on any atom is -0.313 e. The van der Waals surface area contributed by atoms with Crippen LogP contribution in [0.25, 0.3) is 0 Å². The van der Waals surface area contributed by atoms with Crippen LogP contribution in [0.2, 0.25) is 0 Å². The van der Waals surface area contributed by atoms with Crippen molar-refractivity contribution in [1.29, 1.82) is 0 Å². The smallest absolute Gasteiger partial charge is 0.00873 e. The second-order valence-electron chi connectivity index (χ2n) is 6.35. The van der Waals surface area contributed by atoms with Crippen molar-refractivity contribution in [3.8, 4) is 0 Å². The fourth-order valence-electron chi connectivity index (χ4n) is 2.22. The molecule has 1 atom stereocenters. The zero-order valence-corrected chi connectivity index (χ0v) is 11.1. The largest absolute Gasteiger partial charge is 0.313 e. The monoisotopic (exact) mass is 211 g/mol.